The Balaban J connectivity index is 1.75. The lowest BCUT2D eigenvalue weighted by Crippen LogP contribution is -2.17. The van der Waals surface area contributed by atoms with Gasteiger partial charge in [-0.05, 0) is 36.4 Å². The molecule has 128 valence electrons. The highest BCUT2D eigenvalue weighted by Gasteiger charge is 2.30. The number of hydrogen-bond acceptors (Lipinski definition) is 4. The van der Waals surface area contributed by atoms with Gasteiger partial charge in [-0.1, -0.05) is 0 Å². The van der Waals surface area contributed by atoms with Gasteiger partial charge in [0.2, 0.25) is 0 Å². The van der Waals surface area contributed by atoms with Gasteiger partial charge >= 0.3 is 12.0 Å². The molecule has 24 heavy (non-hydrogen) atoms. The predicted octanol–water partition coefficient (Wildman–Crippen LogP) is 3.91. The van der Waals surface area contributed by atoms with Crippen LogP contribution in [0.1, 0.15) is 0 Å². The molecule has 6 nitrogen and oxygen atoms in total. The molecule has 0 heterocycles. The number of hydrogen-bond donors (Lipinski definition) is 3. The number of benzene rings is 2. The van der Waals surface area contributed by atoms with Gasteiger partial charge < -0.3 is 15.4 Å². The summed E-state index contributed by atoms with van der Waals surface area (Å²) in [4.78, 5) is 10.4. The summed E-state index contributed by atoms with van der Waals surface area (Å²) < 4.78 is 39.9. The Kier molecular flexibility index (Phi) is 5.46. The molecule has 9 heteroatoms. The van der Waals surface area contributed by atoms with Crippen LogP contribution in [0.3, 0.4) is 0 Å². The molecule has 0 saturated carbocycles. The zero-order valence-corrected chi connectivity index (χ0v) is 12.4. The maximum absolute atomic E-state index is 12.0. The van der Waals surface area contributed by atoms with Gasteiger partial charge in [-0.2, -0.15) is 0 Å². The van der Waals surface area contributed by atoms with Gasteiger partial charge in [-0.25, -0.2) is 5.21 Å². The summed E-state index contributed by atoms with van der Waals surface area (Å²) in [7, 11) is 0. The fraction of sp³-hybridized carbons (Fsp3) is 0.200. The number of alkyl halides is 3. The standard InChI is InChI=1S/C15H15F3N3O3/c16-15(17,18)24-14-7-3-12(4-8-14)20-10-9-19-11-1-5-13(6-2-11)21(22)23/h1-8,19-20H,9-10H2,(H,22,23)/q+1. The summed E-state index contributed by atoms with van der Waals surface area (Å²) >= 11 is 0. The fourth-order valence-corrected chi connectivity index (χ4v) is 1.89. The van der Waals surface area contributed by atoms with Crippen molar-refractivity contribution in [2.45, 2.75) is 6.36 Å². The van der Waals surface area contributed by atoms with Gasteiger partial charge in [0, 0.05) is 36.6 Å². The third-order valence-electron chi connectivity index (χ3n) is 2.96. The van der Waals surface area contributed by atoms with Gasteiger partial charge in [-0.3, -0.25) is 0 Å². The monoisotopic (exact) mass is 342 g/mol. The SMILES string of the molecule is O=[N+](O)c1ccc(NCCNc2ccc(OC(F)(F)F)cc2)cc1. The summed E-state index contributed by atoms with van der Waals surface area (Å²) in [5.41, 5.74) is 1.54. The number of ether oxygens (including phenoxy) is 1. The summed E-state index contributed by atoms with van der Waals surface area (Å²) in [6.07, 6.45) is -4.70. The van der Waals surface area contributed by atoms with Crippen molar-refractivity contribution in [2.75, 3.05) is 23.7 Å². The van der Waals surface area contributed by atoms with Crippen LogP contribution in [0.5, 0.6) is 5.75 Å². The van der Waals surface area contributed by atoms with Crippen LogP contribution in [-0.2, 0) is 0 Å². The predicted molar refractivity (Wildman–Crippen MR) is 81.6 cm³/mol. The number of rotatable bonds is 7. The number of nitrogens with one attached hydrogen (secondary N) is 2. The van der Waals surface area contributed by atoms with Crippen LogP contribution >= 0.6 is 0 Å². The molecule has 0 saturated heterocycles. The van der Waals surface area contributed by atoms with Crippen molar-refractivity contribution in [3.8, 4) is 5.75 Å². The van der Waals surface area contributed by atoms with Crippen molar-refractivity contribution in [2.24, 2.45) is 0 Å². The van der Waals surface area contributed by atoms with Crippen LogP contribution in [0.15, 0.2) is 48.5 Å². The Hall–Kier alpha value is -2.97. The molecule has 0 bridgehead atoms. The van der Waals surface area contributed by atoms with Crippen LogP contribution in [0.4, 0.5) is 30.2 Å². The highest BCUT2D eigenvalue weighted by Crippen LogP contribution is 2.23. The van der Waals surface area contributed by atoms with Crippen LogP contribution < -0.4 is 15.4 Å². The highest BCUT2D eigenvalue weighted by atomic mass is 19.4. The zero-order valence-electron chi connectivity index (χ0n) is 12.4. The number of nitrogens with zero attached hydrogens (tertiary/aromatic N) is 1. The van der Waals surface area contributed by atoms with Crippen molar-refractivity contribution in [3.05, 3.63) is 53.4 Å². The number of anilines is 2. The lowest BCUT2D eigenvalue weighted by molar-refractivity contribution is -0.729. The minimum atomic E-state index is -4.70. The molecule has 2 aromatic carbocycles. The van der Waals surface area contributed by atoms with E-state index in [1.165, 1.54) is 36.4 Å². The summed E-state index contributed by atoms with van der Waals surface area (Å²) in [6, 6.07) is 11.6. The third-order valence-corrected chi connectivity index (χ3v) is 2.96. The maximum Gasteiger partial charge on any atom is 0.573 e. The Morgan fingerprint density at radius 2 is 1.38 bits per heavy atom. The lowest BCUT2D eigenvalue weighted by Gasteiger charge is -2.11. The second kappa shape index (κ2) is 7.53. The van der Waals surface area contributed by atoms with Crippen molar-refractivity contribution < 1.29 is 28.0 Å². The molecule has 0 aliphatic carbocycles. The molecule has 0 aliphatic rings. The Bertz CT molecular complexity index is 673. The quantitative estimate of drug-likeness (QED) is 0.526. The maximum atomic E-state index is 12.0. The molecular weight excluding hydrogens is 327 g/mol. The minimum absolute atomic E-state index is 0.125. The average molecular weight is 342 g/mol. The minimum Gasteiger partial charge on any atom is -0.406 e. The van der Waals surface area contributed by atoms with Crippen LogP contribution in [0.25, 0.3) is 0 Å². The molecule has 0 atom stereocenters. The molecule has 0 unspecified atom stereocenters. The van der Waals surface area contributed by atoms with E-state index in [9.17, 15) is 18.1 Å². The summed E-state index contributed by atoms with van der Waals surface area (Å²) in [5, 5.41) is 14.8. The van der Waals surface area contributed by atoms with Crippen molar-refractivity contribution >= 4 is 17.1 Å². The van der Waals surface area contributed by atoms with Crippen LogP contribution in [0.2, 0.25) is 0 Å². The Morgan fingerprint density at radius 1 is 0.917 bits per heavy atom. The summed E-state index contributed by atoms with van der Waals surface area (Å²) in [5.74, 6) is -0.275. The largest absolute Gasteiger partial charge is 0.573 e. The smallest absolute Gasteiger partial charge is 0.406 e. The van der Waals surface area contributed by atoms with Crippen molar-refractivity contribution in [1.29, 1.82) is 0 Å². The van der Waals surface area contributed by atoms with Gasteiger partial charge in [-0.15, -0.1) is 13.2 Å². The van der Waals surface area contributed by atoms with E-state index in [2.05, 4.69) is 15.4 Å². The van der Waals surface area contributed by atoms with E-state index in [4.69, 9.17) is 5.21 Å². The van der Waals surface area contributed by atoms with E-state index in [-0.39, 0.29) is 16.4 Å². The first kappa shape index (κ1) is 17.4. The van der Waals surface area contributed by atoms with Gasteiger partial charge in [0.05, 0.1) is 4.91 Å². The van der Waals surface area contributed by atoms with Crippen LogP contribution in [0, 0.1) is 4.91 Å². The third kappa shape index (κ3) is 5.67. The van der Waals surface area contributed by atoms with E-state index in [1.54, 1.807) is 12.1 Å². The van der Waals surface area contributed by atoms with E-state index in [1.807, 2.05) is 0 Å². The van der Waals surface area contributed by atoms with Crippen molar-refractivity contribution in [1.82, 2.24) is 0 Å². The van der Waals surface area contributed by atoms with E-state index in [0.717, 1.165) is 5.69 Å². The molecule has 2 aromatic rings. The van der Waals surface area contributed by atoms with Gasteiger partial charge in [0.15, 0.2) is 0 Å². The molecule has 0 spiro atoms. The summed E-state index contributed by atoms with van der Waals surface area (Å²) in [6.45, 7) is 1.06. The Morgan fingerprint density at radius 3 is 1.79 bits per heavy atom. The second-order valence-corrected chi connectivity index (χ2v) is 4.75. The first-order chi connectivity index (χ1) is 11.3. The molecule has 3 N–H and O–H groups in total. The molecule has 0 fully saturated rings. The highest BCUT2D eigenvalue weighted by molar-refractivity contribution is 5.49. The molecule has 2 rings (SSSR count). The van der Waals surface area contributed by atoms with Crippen molar-refractivity contribution in [3.63, 3.8) is 0 Å². The number of halogens is 3. The first-order valence-electron chi connectivity index (χ1n) is 6.93. The van der Waals surface area contributed by atoms with E-state index < -0.39 is 6.36 Å². The van der Waals surface area contributed by atoms with E-state index >= 15 is 0 Å². The average Bonchev–Trinajstić information content (AvgIpc) is 2.52. The molecular formula is C15H15F3N3O3+. The molecule has 0 aromatic heterocycles. The van der Waals surface area contributed by atoms with Gasteiger partial charge in [0.25, 0.3) is 4.92 Å². The lowest BCUT2D eigenvalue weighted by atomic mass is 10.3. The van der Waals surface area contributed by atoms with Gasteiger partial charge in [0.1, 0.15) is 5.75 Å². The first-order valence-corrected chi connectivity index (χ1v) is 6.93. The second-order valence-electron chi connectivity index (χ2n) is 4.75. The zero-order chi connectivity index (χ0) is 17.6. The molecule has 0 radical (unpaired) electrons. The molecule has 0 amide bonds. The van der Waals surface area contributed by atoms with Crippen LogP contribution in [-0.4, -0.2) is 29.6 Å². The van der Waals surface area contributed by atoms with E-state index in [0.29, 0.717) is 18.8 Å². The topological polar surface area (TPSA) is 73.6 Å². The Labute approximate surface area is 135 Å². The fourth-order valence-electron chi connectivity index (χ4n) is 1.89. The normalized spacial score (nSPS) is 11.0. The molecule has 0 aliphatic heterocycles.